The van der Waals surface area contributed by atoms with Crippen LogP contribution in [0, 0.1) is 5.82 Å². The Hall–Kier alpha value is -3.13. The molecule has 0 fully saturated rings. The van der Waals surface area contributed by atoms with E-state index in [1.165, 1.54) is 41.7 Å². The first-order valence-electron chi connectivity index (χ1n) is 12.6. The lowest BCUT2D eigenvalue weighted by Crippen LogP contribution is -2.37. The lowest BCUT2D eigenvalue weighted by molar-refractivity contribution is 0.0964. The molecule has 1 amide bonds. The maximum absolute atomic E-state index is 13.6. The normalized spacial score (nSPS) is 11.8. The number of amides is 1. The number of fused-ring (bicyclic) bond motifs is 1. The highest BCUT2D eigenvalue weighted by Crippen LogP contribution is 2.41. The summed E-state index contributed by atoms with van der Waals surface area (Å²) >= 11 is 0. The van der Waals surface area contributed by atoms with E-state index in [0.717, 1.165) is 6.26 Å². The molecule has 0 unspecified atom stereocenters. The van der Waals surface area contributed by atoms with Crippen LogP contribution in [0.2, 0.25) is 6.32 Å². The van der Waals surface area contributed by atoms with E-state index in [1.807, 2.05) is 11.9 Å². The van der Waals surface area contributed by atoms with Crippen LogP contribution in [0.15, 0.2) is 40.8 Å². The van der Waals surface area contributed by atoms with Gasteiger partial charge in [-0.3, -0.25) is 9.10 Å². The van der Waals surface area contributed by atoms with Crippen molar-refractivity contribution in [2.75, 3.05) is 44.3 Å². The van der Waals surface area contributed by atoms with E-state index in [0.29, 0.717) is 30.5 Å². The van der Waals surface area contributed by atoms with Gasteiger partial charge >= 0.3 is 7.12 Å². The number of carbonyl (C=O) groups excluding carboxylic acids is 1. The van der Waals surface area contributed by atoms with Crippen LogP contribution >= 0.6 is 0 Å². The average Bonchev–Trinajstić information content (AvgIpc) is 3.21. The minimum Gasteiger partial charge on any atom is -0.489 e. The van der Waals surface area contributed by atoms with Crippen molar-refractivity contribution in [3.8, 4) is 17.1 Å². The smallest absolute Gasteiger partial charge is 0.451 e. The van der Waals surface area contributed by atoms with Crippen molar-refractivity contribution in [3.63, 3.8) is 0 Å². The summed E-state index contributed by atoms with van der Waals surface area (Å²) in [6.45, 7) is 4.60. The van der Waals surface area contributed by atoms with Gasteiger partial charge in [-0.1, -0.05) is 0 Å². The van der Waals surface area contributed by atoms with Gasteiger partial charge in [-0.2, -0.15) is 0 Å². The fourth-order valence-electron chi connectivity index (χ4n) is 4.19. The molecule has 0 aliphatic rings. The van der Waals surface area contributed by atoms with Crippen molar-refractivity contribution in [2.24, 2.45) is 0 Å². The predicted molar refractivity (Wildman–Crippen MR) is 150 cm³/mol. The number of halogens is 1. The Balaban J connectivity index is 2.12. The summed E-state index contributed by atoms with van der Waals surface area (Å²) in [7, 11) is -1.86. The molecule has 0 aliphatic carbocycles. The van der Waals surface area contributed by atoms with Crippen LogP contribution in [0.5, 0.6) is 5.75 Å². The van der Waals surface area contributed by atoms with Crippen LogP contribution in [0.4, 0.5) is 10.1 Å². The van der Waals surface area contributed by atoms with Crippen molar-refractivity contribution >= 4 is 39.7 Å². The van der Waals surface area contributed by atoms with Gasteiger partial charge < -0.3 is 29.4 Å². The van der Waals surface area contributed by atoms with Crippen LogP contribution in [0.25, 0.3) is 22.3 Å². The molecule has 3 N–H and O–H groups in total. The number of anilines is 1. The minimum absolute atomic E-state index is 0.0881. The van der Waals surface area contributed by atoms with Gasteiger partial charge in [-0.15, -0.1) is 0 Å². The van der Waals surface area contributed by atoms with Gasteiger partial charge in [0.2, 0.25) is 10.0 Å². The first kappa shape index (κ1) is 30.4. The number of hydrogen-bond donors (Lipinski definition) is 3. The number of nitrogens with zero attached hydrogens (tertiary/aromatic N) is 2. The molecule has 13 heteroatoms. The van der Waals surface area contributed by atoms with Crippen molar-refractivity contribution in [2.45, 2.75) is 32.7 Å². The van der Waals surface area contributed by atoms with E-state index < -0.39 is 28.9 Å². The number of benzene rings is 2. The summed E-state index contributed by atoms with van der Waals surface area (Å²) in [5.41, 5.74) is 1.21. The monoisotopic (exact) mass is 563 g/mol. The third-order valence-corrected chi connectivity index (χ3v) is 7.23. The van der Waals surface area contributed by atoms with Gasteiger partial charge in [0.15, 0.2) is 0 Å². The van der Waals surface area contributed by atoms with Crippen LogP contribution < -0.4 is 14.4 Å². The Bertz CT molecular complexity index is 1390. The Labute approximate surface area is 228 Å². The molecule has 1 heterocycles. The maximum atomic E-state index is 13.6. The molecule has 3 rings (SSSR count). The molecule has 2 aromatic carbocycles. The maximum Gasteiger partial charge on any atom is 0.451 e. The SMILES string of the molecule is CNC(=O)c1c(-c2ccc(F)cc2)oc2cc(N(CCN(C)CCCB(O)O)S(C)(=O)=O)c(OC(C)C)cc12. The molecule has 0 saturated carbocycles. The molecule has 212 valence electrons. The molecule has 1 aromatic heterocycles. The third-order valence-electron chi connectivity index (χ3n) is 6.05. The Morgan fingerprint density at radius 3 is 2.38 bits per heavy atom. The molecule has 0 spiro atoms. The van der Waals surface area contributed by atoms with Crippen molar-refractivity contribution in [1.82, 2.24) is 10.2 Å². The number of furan rings is 1. The van der Waals surface area contributed by atoms with E-state index >= 15 is 0 Å². The molecule has 39 heavy (non-hydrogen) atoms. The van der Waals surface area contributed by atoms with Crippen LogP contribution in [-0.4, -0.2) is 82.5 Å². The van der Waals surface area contributed by atoms with Crippen molar-refractivity contribution in [3.05, 3.63) is 47.8 Å². The summed E-state index contributed by atoms with van der Waals surface area (Å²) in [4.78, 5) is 14.8. The Morgan fingerprint density at radius 2 is 1.82 bits per heavy atom. The first-order valence-corrected chi connectivity index (χ1v) is 14.4. The van der Waals surface area contributed by atoms with Crippen LogP contribution in [0.3, 0.4) is 0 Å². The van der Waals surface area contributed by atoms with Crippen LogP contribution in [0.1, 0.15) is 30.6 Å². The molecule has 10 nitrogen and oxygen atoms in total. The second kappa shape index (κ2) is 12.8. The molecule has 0 radical (unpaired) electrons. The Kier molecular flexibility index (Phi) is 10.00. The summed E-state index contributed by atoms with van der Waals surface area (Å²) in [6, 6.07) is 8.66. The Morgan fingerprint density at radius 1 is 1.15 bits per heavy atom. The summed E-state index contributed by atoms with van der Waals surface area (Å²) in [5, 5.41) is 21.2. The molecular weight excluding hydrogens is 528 g/mol. The van der Waals surface area contributed by atoms with E-state index in [-0.39, 0.29) is 47.3 Å². The zero-order valence-corrected chi connectivity index (χ0v) is 23.6. The minimum atomic E-state index is -3.77. The number of sulfonamides is 1. The van der Waals surface area contributed by atoms with E-state index in [1.54, 1.807) is 19.9 Å². The van der Waals surface area contributed by atoms with Crippen LogP contribution in [-0.2, 0) is 10.0 Å². The number of carbonyl (C=O) groups is 1. The molecule has 0 saturated heterocycles. The second-order valence-electron chi connectivity index (χ2n) is 9.64. The first-order chi connectivity index (χ1) is 18.3. The lowest BCUT2D eigenvalue weighted by Gasteiger charge is -2.27. The second-order valence-corrected chi connectivity index (χ2v) is 11.5. The highest BCUT2D eigenvalue weighted by molar-refractivity contribution is 7.92. The highest BCUT2D eigenvalue weighted by atomic mass is 32.2. The van der Waals surface area contributed by atoms with Gasteiger partial charge in [0.1, 0.15) is 22.9 Å². The van der Waals surface area contributed by atoms with Gasteiger partial charge in [0.25, 0.3) is 5.91 Å². The topological polar surface area (TPSA) is 133 Å². The third kappa shape index (κ3) is 7.72. The van der Waals surface area contributed by atoms with Gasteiger partial charge in [-0.05, 0) is 70.5 Å². The number of hydrogen-bond acceptors (Lipinski definition) is 8. The van der Waals surface area contributed by atoms with Gasteiger partial charge in [0.05, 0.1) is 23.6 Å². The lowest BCUT2D eigenvalue weighted by atomic mass is 9.84. The van der Waals surface area contributed by atoms with Gasteiger partial charge in [0, 0.05) is 37.2 Å². The highest BCUT2D eigenvalue weighted by Gasteiger charge is 2.28. The van der Waals surface area contributed by atoms with Crippen molar-refractivity contribution < 1.29 is 36.8 Å². The van der Waals surface area contributed by atoms with E-state index in [4.69, 9.17) is 19.2 Å². The number of rotatable bonds is 13. The molecule has 3 aromatic rings. The zero-order valence-electron chi connectivity index (χ0n) is 22.8. The van der Waals surface area contributed by atoms with Crippen molar-refractivity contribution in [1.29, 1.82) is 0 Å². The summed E-state index contributed by atoms with van der Waals surface area (Å²) in [6.07, 6.45) is 1.54. The van der Waals surface area contributed by atoms with E-state index in [9.17, 15) is 17.6 Å². The largest absolute Gasteiger partial charge is 0.489 e. The molecule has 0 bridgehead atoms. The summed E-state index contributed by atoms with van der Waals surface area (Å²) < 4.78 is 52.8. The molecule has 0 aliphatic heterocycles. The fourth-order valence-corrected chi connectivity index (χ4v) is 5.11. The molecule has 0 atom stereocenters. The fraction of sp³-hybridized carbons (Fsp3) is 0.423. The average molecular weight is 563 g/mol. The predicted octanol–water partition coefficient (Wildman–Crippen LogP) is 2.95. The van der Waals surface area contributed by atoms with Gasteiger partial charge in [-0.25, -0.2) is 12.8 Å². The number of nitrogens with one attached hydrogen (secondary N) is 1. The molecular formula is C26H35BFN3O7S. The number of ether oxygens (including phenoxy) is 1. The quantitative estimate of drug-likeness (QED) is 0.271. The number of likely N-dealkylation sites (N-methyl/N-ethyl adjacent to an activating group) is 1. The summed E-state index contributed by atoms with van der Waals surface area (Å²) in [5.74, 6) is -0.391. The van der Waals surface area contributed by atoms with E-state index in [2.05, 4.69) is 5.32 Å². The zero-order chi connectivity index (χ0) is 28.9. The standard InChI is InChI=1S/C26H35BFN3O7S/c1-17(2)37-23-15-20-22(38-25(24(20)26(32)29-3)18-7-9-19(28)10-8-18)16-21(23)31(39(5,35)36)14-13-30(4)12-6-11-27(33)34/h7-10,15-17,33-34H,6,11-14H2,1-5H3,(H,29,32).